The van der Waals surface area contributed by atoms with Gasteiger partial charge in [0.2, 0.25) is 0 Å². The summed E-state index contributed by atoms with van der Waals surface area (Å²) in [6, 6.07) is 24.2. The molecule has 0 aliphatic heterocycles. The van der Waals surface area contributed by atoms with Crippen molar-refractivity contribution in [3.8, 4) is 5.75 Å². The second kappa shape index (κ2) is 14.5. The zero-order chi connectivity index (χ0) is 28.3. The summed E-state index contributed by atoms with van der Waals surface area (Å²) in [4.78, 5) is 14.5. The number of halogens is 1. The van der Waals surface area contributed by atoms with Crippen molar-refractivity contribution in [3.63, 3.8) is 0 Å². The van der Waals surface area contributed by atoms with E-state index in [-0.39, 0.29) is 6.61 Å². The fraction of sp³-hybridized carbons (Fsp3) is 0.344. The van der Waals surface area contributed by atoms with Gasteiger partial charge in [-0.2, -0.15) is 0 Å². The molecule has 0 saturated carbocycles. The number of benzene rings is 3. The minimum absolute atomic E-state index is 0.228. The Bertz CT molecular complexity index is 1240. The molecular weight excluding hydrogens is 530 g/mol. The lowest BCUT2D eigenvalue weighted by atomic mass is 9.91. The van der Waals surface area contributed by atoms with Crippen LogP contribution in [-0.2, 0) is 17.8 Å². The molecule has 0 aliphatic carbocycles. The molecule has 0 saturated heterocycles. The van der Waals surface area contributed by atoms with Crippen molar-refractivity contribution >= 4 is 29.5 Å². The molecule has 208 valence electrons. The predicted octanol–water partition coefficient (Wildman–Crippen LogP) is 8.22. The van der Waals surface area contributed by atoms with Crippen LogP contribution in [0, 0.1) is 0 Å². The summed E-state index contributed by atoms with van der Waals surface area (Å²) in [6.45, 7) is 7.58. The van der Waals surface area contributed by atoms with Gasteiger partial charge in [0.15, 0.2) is 0 Å². The lowest BCUT2D eigenvalue weighted by molar-refractivity contribution is 0.0431. The average Bonchev–Trinajstić information content (AvgIpc) is 2.88. The Kier molecular flexibility index (Phi) is 11.3. The Morgan fingerprint density at radius 3 is 2.44 bits per heavy atom. The van der Waals surface area contributed by atoms with Gasteiger partial charge in [0, 0.05) is 14.8 Å². The van der Waals surface area contributed by atoms with E-state index in [0.29, 0.717) is 30.9 Å². The van der Waals surface area contributed by atoms with Crippen LogP contribution in [0.1, 0.15) is 51.7 Å². The van der Waals surface area contributed by atoms with Gasteiger partial charge in [-0.15, -0.1) is 0 Å². The summed E-state index contributed by atoms with van der Waals surface area (Å²) in [5.41, 5.74) is 0.629. The van der Waals surface area contributed by atoms with Crippen LogP contribution in [0.25, 0.3) is 0 Å². The maximum absolute atomic E-state index is 12.4. The number of carbonyl (C=O) groups excluding carboxylic acids is 1. The van der Waals surface area contributed by atoms with Gasteiger partial charge in [0.05, 0.1) is 12.1 Å². The van der Waals surface area contributed by atoms with Crippen LogP contribution < -0.4 is 10.1 Å². The number of nitrogens with one attached hydrogen (secondary N) is 1. The SMILES string of the molecule is C/C=C\C(CO)(CCCc1ccc(Sc2cccc(OCc3ccccc3)c2)cc1Cl)NC(=O)OC(C)(C)C. The van der Waals surface area contributed by atoms with Crippen molar-refractivity contribution in [2.75, 3.05) is 6.61 Å². The van der Waals surface area contributed by atoms with E-state index in [1.807, 2.05) is 101 Å². The van der Waals surface area contributed by atoms with Gasteiger partial charge in [0.1, 0.15) is 18.0 Å². The Labute approximate surface area is 241 Å². The molecule has 0 spiro atoms. The van der Waals surface area contributed by atoms with Gasteiger partial charge in [-0.3, -0.25) is 0 Å². The van der Waals surface area contributed by atoms with Gasteiger partial charge in [-0.25, -0.2) is 4.79 Å². The van der Waals surface area contributed by atoms with E-state index >= 15 is 0 Å². The van der Waals surface area contributed by atoms with E-state index < -0.39 is 17.2 Å². The van der Waals surface area contributed by atoms with Gasteiger partial charge < -0.3 is 19.9 Å². The molecule has 3 aromatic carbocycles. The molecule has 7 heteroatoms. The molecule has 5 nitrogen and oxygen atoms in total. The van der Waals surface area contributed by atoms with E-state index in [9.17, 15) is 9.90 Å². The number of ether oxygens (including phenoxy) is 2. The summed E-state index contributed by atoms with van der Waals surface area (Å²) < 4.78 is 11.4. The normalized spacial score (nSPS) is 13.2. The molecule has 0 heterocycles. The molecule has 0 bridgehead atoms. The van der Waals surface area contributed by atoms with Gasteiger partial charge >= 0.3 is 6.09 Å². The first kappa shape index (κ1) is 30.6. The van der Waals surface area contributed by atoms with Crippen LogP contribution >= 0.6 is 23.4 Å². The molecular formula is C32H38ClNO4S. The van der Waals surface area contributed by atoms with Crippen molar-refractivity contribution in [2.45, 2.75) is 74.5 Å². The van der Waals surface area contributed by atoms with E-state index in [0.717, 1.165) is 26.7 Å². The number of aliphatic hydroxyl groups excluding tert-OH is 1. The number of aryl methyl sites for hydroxylation is 1. The molecule has 3 rings (SSSR count). The molecule has 1 atom stereocenters. The van der Waals surface area contributed by atoms with Crippen LogP contribution in [0.15, 0.2) is 94.7 Å². The maximum atomic E-state index is 12.4. The first-order chi connectivity index (χ1) is 18.6. The fourth-order valence-corrected chi connectivity index (χ4v) is 5.32. The molecule has 3 aromatic rings. The number of hydrogen-bond acceptors (Lipinski definition) is 5. The van der Waals surface area contributed by atoms with Crippen LogP contribution in [0.3, 0.4) is 0 Å². The molecule has 0 radical (unpaired) electrons. The van der Waals surface area contributed by atoms with Crippen molar-refractivity contribution in [1.82, 2.24) is 5.32 Å². The summed E-state index contributed by atoms with van der Waals surface area (Å²) in [7, 11) is 0. The summed E-state index contributed by atoms with van der Waals surface area (Å²) in [5, 5.41) is 13.7. The monoisotopic (exact) mass is 567 g/mol. The number of rotatable bonds is 12. The number of alkyl carbamates (subject to hydrolysis) is 1. The highest BCUT2D eigenvalue weighted by Crippen LogP contribution is 2.33. The highest BCUT2D eigenvalue weighted by atomic mass is 35.5. The van der Waals surface area contributed by atoms with Crippen molar-refractivity contribution in [1.29, 1.82) is 0 Å². The van der Waals surface area contributed by atoms with Crippen LogP contribution in [0.4, 0.5) is 4.79 Å². The Morgan fingerprint density at radius 2 is 1.77 bits per heavy atom. The van der Waals surface area contributed by atoms with Gasteiger partial charge in [-0.1, -0.05) is 78.0 Å². The topological polar surface area (TPSA) is 67.8 Å². The third kappa shape index (κ3) is 10.3. The Hall–Kier alpha value is -2.93. The number of carbonyl (C=O) groups is 1. The fourth-order valence-electron chi connectivity index (χ4n) is 4.08. The second-order valence-corrected chi connectivity index (χ2v) is 12.0. The van der Waals surface area contributed by atoms with Gasteiger partial charge in [-0.05, 0) is 88.4 Å². The van der Waals surface area contributed by atoms with Crippen molar-refractivity contribution < 1.29 is 19.4 Å². The molecule has 0 aliphatic rings. The zero-order valence-electron chi connectivity index (χ0n) is 23.1. The largest absolute Gasteiger partial charge is 0.489 e. The Balaban J connectivity index is 1.58. The van der Waals surface area contributed by atoms with E-state index in [2.05, 4.69) is 17.4 Å². The first-order valence-electron chi connectivity index (χ1n) is 13.1. The number of hydrogen-bond donors (Lipinski definition) is 2. The third-order valence-electron chi connectivity index (χ3n) is 5.90. The zero-order valence-corrected chi connectivity index (χ0v) is 24.6. The second-order valence-electron chi connectivity index (χ2n) is 10.4. The number of aliphatic hydroxyl groups is 1. The molecule has 1 unspecified atom stereocenters. The summed E-state index contributed by atoms with van der Waals surface area (Å²) in [6.07, 6.45) is 5.05. The molecule has 39 heavy (non-hydrogen) atoms. The van der Waals surface area contributed by atoms with Crippen LogP contribution in [0.2, 0.25) is 5.02 Å². The average molecular weight is 568 g/mol. The number of allylic oxidation sites excluding steroid dienone is 1. The Morgan fingerprint density at radius 1 is 1.03 bits per heavy atom. The van der Waals surface area contributed by atoms with Gasteiger partial charge in [0.25, 0.3) is 0 Å². The smallest absolute Gasteiger partial charge is 0.408 e. The molecule has 1 amide bonds. The first-order valence-corrected chi connectivity index (χ1v) is 14.3. The lowest BCUT2D eigenvalue weighted by Crippen LogP contribution is -2.51. The predicted molar refractivity (Wildman–Crippen MR) is 160 cm³/mol. The van der Waals surface area contributed by atoms with E-state index in [1.54, 1.807) is 11.8 Å². The van der Waals surface area contributed by atoms with Crippen LogP contribution in [-0.4, -0.2) is 28.9 Å². The summed E-state index contributed by atoms with van der Waals surface area (Å²) >= 11 is 8.28. The number of amides is 1. The minimum Gasteiger partial charge on any atom is -0.489 e. The molecule has 0 aromatic heterocycles. The van der Waals surface area contributed by atoms with Crippen molar-refractivity contribution in [2.24, 2.45) is 0 Å². The molecule has 0 fully saturated rings. The standard InChI is InChI=1S/C32H38ClNO4S/c1-5-18-32(23-35,34-30(36)38-31(2,3)4)19-10-13-25-16-17-28(21-29(25)33)39-27-15-9-14-26(20-27)37-22-24-11-7-6-8-12-24/h5-9,11-12,14-18,20-21,35H,10,13,19,22-23H2,1-4H3,(H,34,36)/b18-5-. The quantitative estimate of drug-likeness (QED) is 0.216. The highest BCUT2D eigenvalue weighted by Gasteiger charge is 2.30. The van der Waals surface area contributed by atoms with E-state index in [4.69, 9.17) is 21.1 Å². The maximum Gasteiger partial charge on any atom is 0.408 e. The van der Waals surface area contributed by atoms with E-state index in [1.165, 1.54) is 0 Å². The highest BCUT2D eigenvalue weighted by molar-refractivity contribution is 7.99. The summed E-state index contributed by atoms with van der Waals surface area (Å²) in [5.74, 6) is 0.819. The van der Waals surface area contributed by atoms with Crippen LogP contribution in [0.5, 0.6) is 5.75 Å². The van der Waals surface area contributed by atoms with Crippen molar-refractivity contribution in [3.05, 3.63) is 101 Å². The minimum atomic E-state index is -0.896. The third-order valence-corrected chi connectivity index (χ3v) is 7.23. The molecule has 2 N–H and O–H groups in total. The lowest BCUT2D eigenvalue weighted by Gasteiger charge is -2.31.